The topological polar surface area (TPSA) is 66.9 Å². The van der Waals surface area contributed by atoms with Crippen molar-refractivity contribution in [2.24, 2.45) is 0 Å². The Morgan fingerprint density at radius 3 is 2.31 bits per heavy atom. The molecule has 0 bridgehead atoms. The SMILES string of the molecule is CC[C@H](C(=O)N(C)Cc1ccc(OC)cc1)N(c1ccc(F)c(Cl)c1)S(C)(=O)=O. The van der Waals surface area contributed by atoms with Crippen LogP contribution in [0.3, 0.4) is 0 Å². The smallest absolute Gasteiger partial charge is 0.246 e. The molecule has 0 aliphatic carbocycles. The maximum Gasteiger partial charge on any atom is 0.246 e. The van der Waals surface area contributed by atoms with Crippen LogP contribution in [0.1, 0.15) is 18.9 Å². The fourth-order valence-corrected chi connectivity index (χ4v) is 4.38. The predicted octanol–water partition coefficient (Wildman–Crippen LogP) is 3.69. The predicted molar refractivity (Wildman–Crippen MR) is 112 cm³/mol. The van der Waals surface area contributed by atoms with Gasteiger partial charge in [0.25, 0.3) is 0 Å². The first kappa shape index (κ1) is 23.0. The Kier molecular flexibility index (Phi) is 7.48. The van der Waals surface area contributed by atoms with Gasteiger partial charge in [-0.15, -0.1) is 0 Å². The van der Waals surface area contributed by atoms with E-state index in [1.165, 1.54) is 17.0 Å². The van der Waals surface area contributed by atoms with Crippen LogP contribution in [0.2, 0.25) is 5.02 Å². The number of anilines is 1. The van der Waals surface area contributed by atoms with Crippen LogP contribution in [0.15, 0.2) is 42.5 Å². The van der Waals surface area contributed by atoms with E-state index in [-0.39, 0.29) is 23.0 Å². The molecule has 0 heterocycles. The summed E-state index contributed by atoms with van der Waals surface area (Å²) in [5, 5.41) is -0.218. The quantitative estimate of drug-likeness (QED) is 0.625. The molecule has 0 saturated carbocycles. The van der Waals surface area contributed by atoms with Crippen molar-refractivity contribution in [3.05, 3.63) is 58.9 Å². The number of carbonyl (C=O) groups is 1. The number of ether oxygens (including phenoxy) is 1. The van der Waals surface area contributed by atoms with Gasteiger partial charge in [0.1, 0.15) is 17.6 Å². The lowest BCUT2D eigenvalue weighted by molar-refractivity contribution is -0.131. The van der Waals surface area contributed by atoms with Gasteiger partial charge < -0.3 is 9.64 Å². The number of sulfonamides is 1. The summed E-state index contributed by atoms with van der Waals surface area (Å²) in [7, 11) is -0.659. The third kappa shape index (κ3) is 5.61. The number of rotatable bonds is 8. The number of amides is 1. The lowest BCUT2D eigenvalue weighted by Gasteiger charge is -2.33. The number of hydrogen-bond acceptors (Lipinski definition) is 4. The molecule has 0 aliphatic rings. The molecular weight excluding hydrogens is 419 g/mol. The van der Waals surface area contributed by atoms with Gasteiger partial charge in [-0.05, 0) is 42.3 Å². The van der Waals surface area contributed by atoms with Gasteiger partial charge in [-0.3, -0.25) is 9.10 Å². The zero-order valence-corrected chi connectivity index (χ0v) is 18.3. The Balaban J connectivity index is 2.32. The second kappa shape index (κ2) is 9.45. The Hall–Kier alpha value is -2.32. The summed E-state index contributed by atoms with van der Waals surface area (Å²) in [6.45, 7) is 2.01. The number of hydrogen-bond donors (Lipinski definition) is 0. The van der Waals surface area contributed by atoms with Crippen LogP contribution < -0.4 is 9.04 Å². The lowest BCUT2D eigenvalue weighted by Crippen LogP contribution is -2.49. The van der Waals surface area contributed by atoms with Crippen molar-refractivity contribution in [2.45, 2.75) is 25.9 Å². The highest BCUT2D eigenvalue weighted by Gasteiger charge is 2.33. The monoisotopic (exact) mass is 442 g/mol. The normalized spacial score (nSPS) is 12.3. The molecule has 6 nitrogen and oxygen atoms in total. The van der Waals surface area contributed by atoms with Crippen LogP contribution in [0.25, 0.3) is 0 Å². The van der Waals surface area contributed by atoms with E-state index in [9.17, 15) is 17.6 Å². The minimum absolute atomic E-state index is 0.136. The minimum Gasteiger partial charge on any atom is -0.497 e. The van der Waals surface area contributed by atoms with Gasteiger partial charge in [-0.25, -0.2) is 12.8 Å². The van der Waals surface area contributed by atoms with Crippen molar-refractivity contribution in [3.8, 4) is 5.75 Å². The summed E-state index contributed by atoms with van der Waals surface area (Å²) >= 11 is 5.83. The third-order valence-corrected chi connectivity index (χ3v) is 5.89. The second-order valence-corrected chi connectivity index (χ2v) is 8.89. The van der Waals surface area contributed by atoms with Crippen molar-refractivity contribution in [1.29, 1.82) is 0 Å². The molecule has 1 atom stereocenters. The first-order valence-electron chi connectivity index (χ1n) is 8.90. The van der Waals surface area contributed by atoms with Crippen molar-refractivity contribution in [3.63, 3.8) is 0 Å². The van der Waals surface area contributed by atoms with Gasteiger partial charge in [0, 0.05) is 13.6 Å². The summed E-state index contributed by atoms with van der Waals surface area (Å²) in [6, 6.07) is 9.82. The fraction of sp³-hybridized carbons (Fsp3) is 0.350. The molecule has 9 heteroatoms. The molecule has 0 unspecified atom stereocenters. The van der Waals surface area contributed by atoms with Gasteiger partial charge in [0.15, 0.2) is 0 Å². The Morgan fingerprint density at radius 1 is 1.21 bits per heavy atom. The summed E-state index contributed by atoms with van der Waals surface area (Å²) in [6.07, 6.45) is 1.23. The highest BCUT2D eigenvalue weighted by Crippen LogP contribution is 2.28. The van der Waals surface area contributed by atoms with E-state index in [4.69, 9.17) is 16.3 Å². The van der Waals surface area contributed by atoms with E-state index < -0.39 is 21.9 Å². The average Bonchev–Trinajstić information content (AvgIpc) is 2.67. The molecule has 29 heavy (non-hydrogen) atoms. The van der Waals surface area contributed by atoms with E-state index in [1.807, 2.05) is 12.1 Å². The number of carbonyl (C=O) groups excluding carboxylic acids is 1. The maximum absolute atomic E-state index is 13.5. The van der Waals surface area contributed by atoms with E-state index in [1.54, 1.807) is 33.2 Å². The molecule has 0 saturated heterocycles. The largest absolute Gasteiger partial charge is 0.497 e. The molecule has 0 radical (unpaired) electrons. The molecule has 0 N–H and O–H groups in total. The summed E-state index contributed by atoms with van der Waals surface area (Å²) in [5.41, 5.74) is 1.00. The standard InChI is InChI=1S/C20H24ClFN2O4S/c1-5-19(20(25)23(2)13-14-6-9-16(28-3)10-7-14)24(29(4,26)27)15-8-11-18(22)17(21)12-15/h6-12,19H,5,13H2,1-4H3/t19-/m1/s1. The zero-order valence-electron chi connectivity index (χ0n) is 16.7. The summed E-state index contributed by atoms with van der Waals surface area (Å²) in [4.78, 5) is 14.6. The summed E-state index contributed by atoms with van der Waals surface area (Å²) < 4.78 is 44.6. The van der Waals surface area contributed by atoms with E-state index in [0.717, 1.165) is 22.2 Å². The van der Waals surface area contributed by atoms with Crippen molar-refractivity contribution in [2.75, 3.05) is 24.7 Å². The maximum atomic E-state index is 13.5. The Bertz CT molecular complexity index is 967. The van der Waals surface area contributed by atoms with Gasteiger partial charge in [0.05, 0.1) is 24.1 Å². The number of nitrogens with zero attached hydrogens (tertiary/aromatic N) is 2. The zero-order chi connectivity index (χ0) is 21.8. The number of methoxy groups -OCH3 is 1. The molecule has 2 aromatic rings. The minimum atomic E-state index is -3.83. The van der Waals surface area contributed by atoms with E-state index in [2.05, 4.69) is 0 Å². The third-order valence-electron chi connectivity index (χ3n) is 4.42. The van der Waals surface area contributed by atoms with Crippen molar-refractivity contribution >= 4 is 33.2 Å². The van der Waals surface area contributed by atoms with Crippen LogP contribution in [-0.2, 0) is 21.4 Å². The lowest BCUT2D eigenvalue weighted by atomic mass is 10.1. The summed E-state index contributed by atoms with van der Waals surface area (Å²) in [5.74, 6) is -0.348. The van der Waals surface area contributed by atoms with Gasteiger partial charge in [0.2, 0.25) is 15.9 Å². The van der Waals surface area contributed by atoms with E-state index in [0.29, 0.717) is 12.3 Å². The molecule has 1 amide bonds. The molecule has 0 aromatic heterocycles. The molecule has 0 fully saturated rings. The number of likely N-dealkylation sites (N-methyl/N-ethyl adjacent to an activating group) is 1. The highest BCUT2D eigenvalue weighted by molar-refractivity contribution is 7.92. The van der Waals surface area contributed by atoms with Crippen LogP contribution in [0.5, 0.6) is 5.75 Å². The molecule has 0 aliphatic heterocycles. The Labute approximate surface area is 175 Å². The molecule has 2 aromatic carbocycles. The molecule has 0 spiro atoms. The Morgan fingerprint density at radius 2 is 1.83 bits per heavy atom. The van der Waals surface area contributed by atoms with Crippen LogP contribution in [-0.4, -0.2) is 45.7 Å². The van der Waals surface area contributed by atoms with E-state index >= 15 is 0 Å². The number of halogens is 2. The van der Waals surface area contributed by atoms with Gasteiger partial charge in [-0.1, -0.05) is 30.7 Å². The fourth-order valence-electron chi connectivity index (χ4n) is 3.00. The first-order chi connectivity index (χ1) is 13.6. The van der Waals surface area contributed by atoms with Gasteiger partial charge in [-0.2, -0.15) is 0 Å². The second-order valence-electron chi connectivity index (χ2n) is 6.62. The van der Waals surface area contributed by atoms with Crippen LogP contribution >= 0.6 is 11.6 Å². The van der Waals surface area contributed by atoms with Crippen LogP contribution in [0, 0.1) is 5.82 Å². The molecular formula is C20H24ClFN2O4S. The van der Waals surface area contributed by atoms with Crippen molar-refractivity contribution in [1.82, 2.24) is 4.90 Å². The molecule has 2 rings (SSSR count). The average molecular weight is 443 g/mol. The highest BCUT2D eigenvalue weighted by atomic mass is 35.5. The van der Waals surface area contributed by atoms with Crippen LogP contribution in [0.4, 0.5) is 10.1 Å². The van der Waals surface area contributed by atoms with Gasteiger partial charge >= 0.3 is 0 Å². The molecule has 158 valence electrons. The van der Waals surface area contributed by atoms with Crippen molar-refractivity contribution < 1.29 is 22.3 Å². The first-order valence-corrected chi connectivity index (χ1v) is 11.1. The number of benzene rings is 2.